The van der Waals surface area contributed by atoms with Crippen LogP contribution in [0.1, 0.15) is 15.2 Å². The predicted octanol–water partition coefficient (Wildman–Crippen LogP) is 5.06. The smallest absolute Gasteiger partial charge is 0.352 e. The van der Waals surface area contributed by atoms with Gasteiger partial charge in [0.25, 0.3) is 5.91 Å². The van der Waals surface area contributed by atoms with Crippen molar-refractivity contribution in [1.82, 2.24) is 5.32 Å². The molecule has 0 radical (unpaired) electrons. The largest absolute Gasteiger partial charge is 0.477 e. The first-order chi connectivity index (χ1) is 12.9. The summed E-state index contributed by atoms with van der Waals surface area (Å²) in [6.45, 7) is 0. The molecule has 0 spiro atoms. The van der Waals surface area contributed by atoms with E-state index >= 15 is 0 Å². The normalized spacial score (nSPS) is 11.3. The molecule has 3 aromatic rings. The summed E-state index contributed by atoms with van der Waals surface area (Å²) in [5.74, 6) is -2.58. The number of rotatable bonds is 5. The van der Waals surface area contributed by atoms with Gasteiger partial charge in [-0.15, -0.1) is 11.3 Å². The zero-order chi connectivity index (χ0) is 19.4. The van der Waals surface area contributed by atoms with Crippen LogP contribution in [0.15, 0.2) is 66.4 Å². The van der Waals surface area contributed by atoms with Crippen molar-refractivity contribution in [2.24, 2.45) is 0 Å². The van der Waals surface area contributed by atoms with Gasteiger partial charge in [0.1, 0.15) is 11.5 Å². The van der Waals surface area contributed by atoms with E-state index in [1.807, 2.05) is 24.3 Å². The van der Waals surface area contributed by atoms with Crippen molar-refractivity contribution in [3.05, 3.63) is 87.6 Å². The van der Waals surface area contributed by atoms with Crippen LogP contribution in [0.25, 0.3) is 16.5 Å². The Morgan fingerprint density at radius 3 is 2.56 bits per heavy atom. The molecular formula is C20H13ClFNO3S. The highest BCUT2D eigenvalue weighted by atomic mass is 35.5. The molecule has 0 atom stereocenters. The number of nitrogens with one attached hydrogen (secondary N) is 1. The molecule has 1 amide bonds. The number of carbonyl (C=O) groups excluding carboxylic acids is 1. The van der Waals surface area contributed by atoms with E-state index in [-0.39, 0.29) is 11.3 Å². The molecule has 2 aromatic carbocycles. The van der Waals surface area contributed by atoms with Crippen LogP contribution in [0.3, 0.4) is 0 Å². The molecule has 1 aromatic heterocycles. The Kier molecular flexibility index (Phi) is 5.69. The molecule has 136 valence electrons. The van der Waals surface area contributed by atoms with Crippen molar-refractivity contribution in [1.29, 1.82) is 0 Å². The number of carboxylic acids is 1. The fraction of sp³-hybridized carbons (Fsp3) is 0. The highest BCUT2D eigenvalue weighted by Crippen LogP contribution is 2.33. The van der Waals surface area contributed by atoms with Gasteiger partial charge in [0.05, 0.1) is 0 Å². The van der Waals surface area contributed by atoms with Gasteiger partial charge in [-0.1, -0.05) is 35.9 Å². The Balaban J connectivity index is 1.85. The van der Waals surface area contributed by atoms with Crippen LogP contribution in [-0.2, 0) is 4.79 Å². The second-order valence-corrected chi connectivity index (χ2v) is 7.03. The number of carbonyl (C=O) groups is 2. The third-order valence-corrected chi connectivity index (χ3v) is 5.01. The molecule has 1 heterocycles. The summed E-state index contributed by atoms with van der Waals surface area (Å²) in [6.07, 6.45) is 1.35. The van der Waals surface area contributed by atoms with Crippen LogP contribution < -0.4 is 5.32 Å². The number of halogens is 2. The maximum Gasteiger partial charge on any atom is 0.352 e. The lowest BCUT2D eigenvalue weighted by atomic mass is 10.2. The molecule has 0 fully saturated rings. The van der Waals surface area contributed by atoms with Crippen molar-refractivity contribution in [2.45, 2.75) is 0 Å². The SMILES string of the molecule is O=C(O)/C(=C/c1ccc(-c2ccccc2Cl)s1)NC(=O)c1cccc(F)c1. The van der Waals surface area contributed by atoms with Gasteiger partial charge < -0.3 is 10.4 Å². The third-order valence-electron chi connectivity index (χ3n) is 3.62. The Hall–Kier alpha value is -2.96. The molecule has 0 aliphatic heterocycles. The van der Waals surface area contributed by atoms with Crippen molar-refractivity contribution in [3.63, 3.8) is 0 Å². The lowest BCUT2D eigenvalue weighted by Gasteiger charge is -2.06. The zero-order valence-corrected chi connectivity index (χ0v) is 15.4. The lowest BCUT2D eigenvalue weighted by Crippen LogP contribution is -2.27. The molecule has 0 aliphatic carbocycles. The molecule has 0 aliphatic rings. The first-order valence-corrected chi connectivity index (χ1v) is 9.00. The van der Waals surface area contributed by atoms with Crippen molar-refractivity contribution >= 4 is 40.9 Å². The summed E-state index contributed by atoms with van der Waals surface area (Å²) < 4.78 is 13.2. The van der Waals surface area contributed by atoms with Gasteiger partial charge in [0, 0.05) is 25.9 Å². The molecule has 0 bridgehead atoms. The van der Waals surface area contributed by atoms with E-state index in [0.717, 1.165) is 16.5 Å². The van der Waals surface area contributed by atoms with Gasteiger partial charge in [-0.05, 0) is 42.5 Å². The van der Waals surface area contributed by atoms with Crippen LogP contribution in [0, 0.1) is 5.82 Å². The first-order valence-electron chi connectivity index (χ1n) is 7.80. The van der Waals surface area contributed by atoms with Gasteiger partial charge in [-0.3, -0.25) is 4.79 Å². The van der Waals surface area contributed by atoms with Crippen molar-refractivity contribution < 1.29 is 19.1 Å². The summed E-state index contributed by atoms with van der Waals surface area (Å²) in [5, 5.41) is 12.3. The molecule has 27 heavy (non-hydrogen) atoms. The second kappa shape index (κ2) is 8.16. The molecule has 7 heteroatoms. The van der Waals surface area contributed by atoms with E-state index in [4.69, 9.17) is 11.6 Å². The number of hydrogen-bond acceptors (Lipinski definition) is 3. The number of hydrogen-bond donors (Lipinski definition) is 2. The average Bonchev–Trinajstić information content (AvgIpc) is 3.09. The van der Waals surface area contributed by atoms with Gasteiger partial charge in [0.2, 0.25) is 0 Å². The van der Waals surface area contributed by atoms with Crippen LogP contribution in [0.5, 0.6) is 0 Å². The number of amides is 1. The molecule has 0 unspecified atom stereocenters. The number of benzene rings is 2. The second-order valence-electron chi connectivity index (χ2n) is 5.51. The summed E-state index contributed by atoms with van der Waals surface area (Å²) in [7, 11) is 0. The molecule has 0 saturated carbocycles. The summed E-state index contributed by atoms with van der Waals surface area (Å²) in [5.41, 5.74) is 0.561. The number of carboxylic acid groups (broad SMARTS) is 1. The van der Waals surface area contributed by atoms with Crippen molar-refractivity contribution in [2.75, 3.05) is 0 Å². The minimum Gasteiger partial charge on any atom is -0.477 e. The van der Waals surface area contributed by atoms with Crippen LogP contribution in [-0.4, -0.2) is 17.0 Å². The van der Waals surface area contributed by atoms with E-state index in [1.165, 1.54) is 35.6 Å². The minimum atomic E-state index is -1.30. The predicted molar refractivity (Wildman–Crippen MR) is 104 cm³/mol. The van der Waals surface area contributed by atoms with Gasteiger partial charge >= 0.3 is 5.97 Å². The molecule has 0 saturated heterocycles. The first kappa shape index (κ1) is 18.8. The quantitative estimate of drug-likeness (QED) is 0.587. The van der Waals surface area contributed by atoms with Crippen molar-refractivity contribution in [3.8, 4) is 10.4 Å². The fourth-order valence-corrected chi connectivity index (χ4v) is 3.64. The van der Waals surface area contributed by atoms with Gasteiger partial charge in [0.15, 0.2) is 0 Å². The molecular weight excluding hydrogens is 389 g/mol. The van der Waals surface area contributed by atoms with Crippen LogP contribution in [0.2, 0.25) is 5.02 Å². The van der Waals surface area contributed by atoms with E-state index in [1.54, 1.807) is 12.1 Å². The minimum absolute atomic E-state index is 0.0325. The Morgan fingerprint density at radius 2 is 1.85 bits per heavy atom. The van der Waals surface area contributed by atoms with E-state index in [9.17, 15) is 19.1 Å². The van der Waals surface area contributed by atoms with Gasteiger partial charge in [-0.25, -0.2) is 9.18 Å². The molecule has 4 nitrogen and oxygen atoms in total. The highest BCUT2D eigenvalue weighted by Gasteiger charge is 2.15. The lowest BCUT2D eigenvalue weighted by molar-refractivity contribution is -0.132. The summed E-state index contributed by atoms with van der Waals surface area (Å²) >= 11 is 7.52. The zero-order valence-electron chi connectivity index (χ0n) is 13.8. The highest BCUT2D eigenvalue weighted by molar-refractivity contribution is 7.16. The van der Waals surface area contributed by atoms with E-state index in [0.29, 0.717) is 9.90 Å². The van der Waals surface area contributed by atoms with Gasteiger partial charge in [-0.2, -0.15) is 0 Å². The number of aliphatic carboxylic acids is 1. The molecule has 3 rings (SSSR count). The Labute approximate surface area is 163 Å². The summed E-state index contributed by atoms with van der Waals surface area (Å²) in [6, 6.07) is 15.9. The Morgan fingerprint density at radius 1 is 1.07 bits per heavy atom. The maximum absolute atomic E-state index is 13.2. The fourth-order valence-electron chi connectivity index (χ4n) is 2.35. The van der Waals surface area contributed by atoms with Crippen LogP contribution in [0.4, 0.5) is 4.39 Å². The van der Waals surface area contributed by atoms with Crippen LogP contribution >= 0.6 is 22.9 Å². The monoisotopic (exact) mass is 401 g/mol. The maximum atomic E-state index is 13.2. The topological polar surface area (TPSA) is 66.4 Å². The third kappa shape index (κ3) is 4.61. The van der Waals surface area contributed by atoms with E-state index in [2.05, 4.69) is 5.32 Å². The average molecular weight is 402 g/mol. The Bertz CT molecular complexity index is 1040. The standard InChI is InChI=1S/C20H13ClFNO3S/c21-16-7-2-1-6-15(16)18-9-8-14(27-18)11-17(20(25)26)23-19(24)12-4-3-5-13(22)10-12/h1-11H,(H,23,24)(H,25,26)/b17-11-. The van der Waals surface area contributed by atoms with E-state index < -0.39 is 17.7 Å². The molecule has 2 N–H and O–H groups in total. The number of thiophene rings is 1. The summed E-state index contributed by atoms with van der Waals surface area (Å²) in [4.78, 5) is 25.2.